The summed E-state index contributed by atoms with van der Waals surface area (Å²) in [5.41, 5.74) is 3.58. The van der Waals surface area contributed by atoms with Gasteiger partial charge in [0.25, 0.3) is 0 Å². The maximum atomic E-state index is 11.8. The number of aliphatic carboxylic acids is 2. The second-order valence-corrected chi connectivity index (χ2v) is 8.46. The molecule has 3 rings (SSSR count). The van der Waals surface area contributed by atoms with Gasteiger partial charge in [0.15, 0.2) is 0 Å². The van der Waals surface area contributed by atoms with Crippen LogP contribution < -0.4 is 11.1 Å². The molecule has 8 nitrogen and oxygen atoms in total. The van der Waals surface area contributed by atoms with Crippen molar-refractivity contribution in [3.63, 3.8) is 0 Å². The van der Waals surface area contributed by atoms with Gasteiger partial charge in [-0.1, -0.05) is 30.3 Å². The molecule has 2 atom stereocenters. The topological polar surface area (TPSA) is 139 Å². The molecule has 0 saturated heterocycles. The van der Waals surface area contributed by atoms with E-state index in [2.05, 4.69) is 5.32 Å². The standard InChI is InChI=1S/C16H21NO4.C4H7NO2/c1-15(2,3)21-14(20)17-16(13(18)19)10-12(16)9-11-7-5-4-6-8-11;5-4(1-2-4)3(6)7/h4-8,12H,9-10H2,1-3H3,(H,17,20)(H,18,19);1-2,5H2,(H,6,7). The second kappa shape index (κ2) is 7.79. The zero-order valence-electron chi connectivity index (χ0n) is 16.4. The number of hydrogen-bond acceptors (Lipinski definition) is 5. The third-order valence-corrected chi connectivity index (χ3v) is 4.75. The van der Waals surface area contributed by atoms with Crippen LogP contribution in [-0.2, 0) is 20.7 Å². The lowest BCUT2D eigenvalue weighted by Gasteiger charge is -2.22. The molecule has 0 aliphatic heterocycles. The number of nitrogens with two attached hydrogens (primary N) is 1. The fraction of sp³-hybridized carbons (Fsp3) is 0.550. The molecule has 1 aromatic carbocycles. The molecule has 1 aromatic rings. The van der Waals surface area contributed by atoms with Crippen molar-refractivity contribution in [1.82, 2.24) is 5.32 Å². The fourth-order valence-corrected chi connectivity index (χ4v) is 2.78. The number of carbonyl (C=O) groups is 3. The minimum absolute atomic E-state index is 0.107. The first kappa shape index (κ1) is 21.7. The normalized spacial score (nSPS) is 24.2. The molecular formula is C20H28N2O6. The van der Waals surface area contributed by atoms with Crippen molar-refractivity contribution >= 4 is 18.0 Å². The lowest BCUT2D eigenvalue weighted by atomic mass is 10.1. The Morgan fingerprint density at radius 3 is 2.11 bits per heavy atom. The van der Waals surface area contributed by atoms with Gasteiger partial charge in [0, 0.05) is 0 Å². The Bertz CT molecular complexity index is 739. The third kappa shape index (κ3) is 5.69. The van der Waals surface area contributed by atoms with Crippen molar-refractivity contribution in [2.24, 2.45) is 11.7 Å². The van der Waals surface area contributed by atoms with Gasteiger partial charge in [0.05, 0.1) is 0 Å². The van der Waals surface area contributed by atoms with Crippen LogP contribution in [0.1, 0.15) is 45.6 Å². The van der Waals surface area contributed by atoms with Crippen LogP contribution in [-0.4, -0.2) is 44.9 Å². The van der Waals surface area contributed by atoms with Crippen LogP contribution in [0, 0.1) is 5.92 Å². The summed E-state index contributed by atoms with van der Waals surface area (Å²) in [5.74, 6) is -1.98. The highest BCUT2D eigenvalue weighted by Crippen LogP contribution is 2.46. The summed E-state index contributed by atoms with van der Waals surface area (Å²) in [4.78, 5) is 33.3. The SMILES string of the molecule is CC(C)(C)OC(=O)NC1(C(=O)O)CC1Cc1ccccc1.NC1(C(=O)O)CC1. The summed E-state index contributed by atoms with van der Waals surface area (Å²) in [7, 11) is 0. The van der Waals surface area contributed by atoms with E-state index in [0.29, 0.717) is 25.7 Å². The summed E-state index contributed by atoms with van der Waals surface area (Å²) >= 11 is 0. The maximum absolute atomic E-state index is 11.8. The predicted octanol–water partition coefficient (Wildman–Crippen LogP) is 2.16. The molecule has 1 amide bonds. The van der Waals surface area contributed by atoms with E-state index in [1.54, 1.807) is 20.8 Å². The zero-order chi connectivity index (χ0) is 21.2. The largest absolute Gasteiger partial charge is 0.480 e. The second-order valence-electron chi connectivity index (χ2n) is 8.46. The van der Waals surface area contributed by atoms with Gasteiger partial charge in [0.2, 0.25) is 0 Å². The summed E-state index contributed by atoms with van der Waals surface area (Å²) in [5, 5.41) is 20.1. The van der Waals surface area contributed by atoms with Crippen molar-refractivity contribution in [2.75, 3.05) is 0 Å². The molecule has 2 saturated carbocycles. The lowest BCUT2D eigenvalue weighted by Crippen LogP contribution is -2.47. The van der Waals surface area contributed by atoms with E-state index in [4.69, 9.17) is 15.6 Å². The van der Waals surface area contributed by atoms with E-state index in [9.17, 15) is 19.5 Å². The van der Waals surface area contributed by atoms with Crippen LogP contribution in [0.4, 0.5) is 4.79 Å². The molecule has 0 spiro atoms. The predicted molar refractivity (Wildman–Crippen MR) is 102 cm³/mol. The number of amides is 1. The molecule has 5 N–H and O–H groups in total. The molecule has 154 valence electrons. The van der Waals surface area contributed by atoms with Gasteiger partial charge in [0.1, 0.15) is 16.7 Å². The number of carboxylic acids is 2. The average molecular weight is 392 g/mol. The first-order valence-electron chi connectivity index (χ1n) is 9.19. The van der Waals surface area contributed by atoms with Crippen LogP contribution in [0.3, 0.4) is 0 Å². The Labute approximate surface area is 164 Å². The summed E-state index contributed by atoms with van der Waals surface area (Å²) in [6, 6.07) is 9.67. The number of ether oxygens (including phenoxy) is 1. The minimum atomic E-state index is -1.20. The summed E-state index contributed by atoms with van der Waals surface area (Å²) in [6.07, 6.45) is 1.66. The van der Waals surface area contributed by atoms with E-state index in [1.807, 2.05) is 30.3 Å². The van der Waals surface area contributed by atoms with Crippen molar-refractivity contribution in [3.8, 4) is 0 Å². The lowest BCUT2D eigenvalue weighted by molar-refractivity contribution is -0.141. The van der Waals surface area contributed by atoms with Gasteiger partial charge in [-0.2, -0.15) is 0 Å². The number of alkyl carbamates (subject to hydrolysis) is 1. The molecular weight excluding hydrogens is 364 g/mol. The number of nitrogens with one attached hydrogen (secondary N) is 1. The molecule has 2 aliphatic rings. The molecule has 0 heterocycles. The van der Waals surface area contributed by atoms with Crippen molar-refractivity contribution in [1.29, 1.82) is 0 Å². The Kier molecular flexibility index (Phi) is 6.03. The first-order valence-corrected chi connectivity index (χ1v) is 9.19. The van der Waals surface area contributed by atoms with Crippen molar-refractivity contribution in [3.05, 3.63) is 35.9 Å². The van der Waals surface area contributed by atoms with E-state index in [-0.39, 0.29) is 5.92 Å². The highest BCUT2D eigenvalue weighted by molar-refractivity contribution is 5.88. The molecule has 0 bridgehead atoms. The molecule has 0 aromatic heterocycles. The molecule has 2 unspecified atom stereocenters. The number of hydrogen-bond donors (Lipinski definition) is 4. The first-order chi connectivity index (χ1) is 12.9. The van der Waals surface area contributed by atoms with Crippen molar-refractivity contribution < 1.29 is 29.3 Å². The number of benzene rings is 1. The Morgan fingerprint density at radius 2 is 1.71 bits per heavy atom. The minimum Gasteiger partial charge on any atom is -0.480 e. The van der Waals surface area contributed by atoms with Gasteiger partial charge in [-0.3, -0.25) is 4.79 Å². The third-order valence-electron chi connectivity index (χ3n) is 4.75. The monoisotopic (exact) mass is 392 g/mol. The number of carboxylic acid groups (broad SMARTS) is 2. The van der Waals surface area contributed by atoms with E-state index in [0.717, 1.165) is 5.56 Å². The van der Waals surface area contributed by atoms with E-state index in [1.165, 1.54) is 0 Å². The molecule has 0 radical (unpaired) electrons. The molecule has 2 aliphatic carbocycles. The van der Waals surface area contributed by atoms with Gasteiger partial charge in [-0.25, -0.2) is 9.59 Å². The Morgan fingerprint density at radius 1 is 1.14 bits per heavy atom. The smallest absolute Gasteiger partial charge is 0.408 e. The highest BCUT2D eigenvalue weighted by atomic mass is 16.6. The highest BCUT2D eigenvalue weighted by Gasteiger charge is 2.61. The van der Waals surface area contributed by atoms with Gasteiger partial charge >= 0.3 is 18.0 Å². The van der Waals surface area contributed by atoms with Gasteiger partial charge in [-0.15, -0.1) is 0 Å². The van der Waals surface area contributed by atoms with Crippen LogP contribution >= 0.6 is 0 Å². The van der Waals surface area contributed by atoms with Crippen LogP contribution in [0.2, 0.25) is 0 Å². The Hall–Kier alpha value is -2.61. The van der Waals surface area contributed by atoms with Crippen molar-refractivity contribution in [2.45, 2.75) is 63.1 Å². The Balaban J connectivity index is 0.000000336. The van der Waals surface area contributed by atoms with Crippen LogP contribution in [0.25, 0.3) is 0 Å². The average Bonchev–Trinajstić information content (AvgIpc) is 3.46. The maximum Gasteiger partial charge on any atom is 0.408 e. The molecule has 28 heavy (non-hydrogen) atoms. The van der Waals surface area contributed by atoms with E-state index >= 15 is 0 Å². The quantitative estimate of drug-likeness (QED) is 0.602. The number of carbonyl (C=O) groups excluding carboxylic acids is 1. The fourth-order valence-electron chi connectivity index (χ4n) is 2.78. The zero-order valence-corrected chi connectivity index (χ0v) is 16.4. The van der Waals surface area contributed by atoms with E-state index < -0.39 is 34.7 Å². The van der Waals surface area contributed by atoms with Crippen LogP contribution in [0.15, 0.2) is 30.3 Å². The summed E-state index contributed by atoms with van der Waals surface area (Å²) < 4.78 is 5.15. The van der Waals surface area contributed by atoms with Gasteiger partial charge < -0.3 is 26.0 Å². The molecule has 8 heteroatoms. The number of rotatable bonds is 5. The van der Waals surface area contributed by atoms with Gasteiger partial charge in [-0.05, 0) is 57.9 Å². The van der Waals surface area contributed by atoms with Crippen LogP contribution in [0.5, 0.6) is 0 Å². The molecule has 2 fully saturated rings. The summed E-state index contributed by atoms with van der Waals surface area (Å²) in [6.45, 7) is 5.23.